The monoisotopic (exact) mass is 859 g/mol. The molecule has 13 rings (SSSR count). The lowest BCUT2D eigenvalue weighted by Gasteiger charge is -2.26. The molecule has 6 heteroatoms. The van der Waals surface area contributed by atoms with E-state index in [0.717, 1.165) is 62.2 Å². The Kier molecular flexibility index (Phi) is 9.06. The van der Waals surface area contributed by atoms with Gasteiger partial charge in [0.1, 0.15) is 5.52 Å². The minimum absolute atomic E-state index is 0.572. The SMILES string of the molecule is c1ccc(N(c2ccccc2)c2ccc3nc(-c4ccc(N(c5ccc(-n6c7ccccc7c7ccccc76)cc5)c5ccc(-n6c7ccccc7c7ccccc76)cc5)cc4)oc3c2)cc1. The fourth-order valence-electron chi connectivity index (χ4n) is 9.88. The zero-order valence-corrected chi connectivity index (χ0v) is 36.3. The second-order valence-electron chi connectivity index (χ2n) is 16.8. The number of benzene rings is 10. The van der Waals surface area contributed by atoms with E-state index in [1.165, 1.54) is 43.6 Å². The Morgan fingerprint density at radius 2 is 0.657 bits per heavy atom. The topological polar surface area (TPSA) is 42.4 Å². The van der Waals surface area contributed by atoms with Gasteiger partial charge in [0.15, 0.2) is 5.58 Å². The van der Waals surface area contributed by atoms with Crippen molar-refractivity contribution in [2.45, 2.75) is 0 Å². The highest BCUT2D eigenvalue weighted by Gasteiger charge is 2.19. The van der Waals surface area contributed by atoms with Crippen LogP contribution in [0.4, 0.5) is 34.1 Å². The van der Waals surface area contributed by atoms with Crippen LogP contribution in [0.25, 0.3) is 77.5 Å². The minimum atomic E-state index is 0.572. The molecule has 67 heavy (non-hydrogen) atoms. The normalized spacial score (nSPS) is 11.6. The summed E-state index contributed by atoms with van der Waals surface area (Å²) in [5.74, 6) is 0.572. The van der Waals surface area contributed by atoms with Gasteiger partial charge >= 0.3 is 0 Å². The average Bonchev–Trinajstić information content (AvgIpc) is 4.08. The molecule has 3 aromatic heterocycles. The van der Waals surface area contributed by atoms with Crippen molar-refractivity contribution in [3.63, 3.8) is 0 Å². The maximum Gasteiger partial charge on any atom is 0.227 e. The van der Waals surface area contributed by atoms with Crippen molar-refractivity contribution in [1.82, 2.24) is 14.1 Å². The maximum atomic E-state index is 6.55. The third-order valence-electron chi connectivity index (χ3n) is 12.9. The van der Waals surface area contributed by atoms with Crippen molar-refractivity contribution >= 4 is 88.8 Å². The van der Waals surface area contributed by atoms with E-state index in [-0.39, 0.29) is 0 Å². The van der Waals surface area contributed by atoms with E-state index >= 15 is 0 Å². The van der Waals surface area contributed by atoms with Crippen LogP contribution in [0, 0.1) is 0 Å². The smallest absolute Gasteiger partial charge is 0.227 e. The van der Waals surface area contributed by atoms with E-state index in [1.54, 1.807) is 0 Å². The number of aromatic nitrogens is 3. The van der Waals surface area contributed by atoms with Crippen LogP contribution in [0.1, 0.15) is 0 Å². The molecule has 13 aromatic rings. The lowest BCUT2D eigenvalue weighted by Crippen LogP contribution is -2.10. The highest BCUT2D eigenvalue weighted by atomic mass is 16.3. The summed E-state index contributed by atoms with van der Waals surface area (Å²) in [5.41, 5.74) is 15.6. The Labute approximate surface area is 387 Å². The molecule has 0 unspecified atom stereocenters. The van der Waals surface area contributed by atoms with Crippen molar-refractivity contribution in [2.24, 2.45) is 0 Å². The molecule has 0 saturated heterocycles. The summed E-state index contributed by atoms with van der Waals surface area (Å²) in [4.78, 5) is 9.52. The molecule has 0 fully saturated rings. The van der Waals surface area contributed by atoms with Gasteiger partial charge in [-0.05, 0) is 133 Å². The first-order valence-corrected chi connectivity index (χ1v) is 22.6. The molecule has 0 radical (unpaired) electrons. The molecule has 0 aliphatic rings. The first kappa shape index (κ1) is 38.3. The van der Waals surface area contributed by atoms with Gasteiger partial charge in [-0.3, -0.25) is 0 Å². The van der Waals surface area contributed by atoms with Gasteiger partial charge in [-0.2, -0.15) is 0 Å². The summed E-state index contributed by atoms with van der Waals surface area (Å²) < 4.78 is 11.3. The third kappa shape index (κ3) is 6.53. The summed E-state index contributed by atoms with van der Waals surface area (Å²) in [6.07, 6.45) is 0. The standard InChI is InChI=1S/C61H41N5O/c1-3-15-43(16-4-1)64(44-17-5-2-6-18-44)50-39-40-55-60(41-50)67-61(62-55)42-27-29-45(30-28-42)63(46-31-35-48(36-32-46)65-56-23-11-7-19-51(56)52-20-8-12-24-57(52)65)47-33-37-49(38-34-47)66-58-25-13-9-21-53(58)54-22-10-14-26-59(54)66/h1-41H. The van der Waals surface area contributed by atoms with Gasteiger partial charge in [-0.1, -0.05) is 109 Å². The van der Waals surface area contributed by atoms with E-state index in [0.29, 0.717) is 5.89 Å². The predicted molar refractivity (Wildman–Crippen MR) is 277 cm³/mol. The highest BCUT2D eigenvalue weighted by Crippen LogP contribution is 2.41. The van der Waals surface area contributed by atoms with Gasteiger partial charge in [0, 0.05) is 78.7 Å². The number of anilines is 6. The van der Waals surface area contributed by atoms with Crippen molar-refractivity contribution < 1.29 is 4.42 Å². The van der Waals surface area contributed by atoms with Crippen LogP contribution in [0.2, 0.25) is 0 Å². The molecule has 0 amide bonds. The maximum absolute atomic E-state index is 6.55. The molecular weight excluding hydrogens is 819 g/mol. The molecule has 0 aliphatic heterocycles. The molecule has 0 aliphatic carbocycles. The summed E-state index contributed by atoms with van der Waals surface area (Å²) >= 11 is 0. The quantitative estimate of drug-likeness (QED) is 0.145. The Balaban J connectivity index is 0.885. The summed E-state index contributed by atoms with van der Waals surface area (Å²) in [6.45, 7) is 0. The van der Waals surface area contributed by atoms with Crippen LogP contribution >= 0.6 is 0 Å². The molecule has 0 N–H and O–H groups in total. The molecule has 6 nitrogen and oxygen atoms in total. The fourth-order valence-corrected chi connectivity index (χ4v) is 9.88. The largest absolute Gasteiger partial charge is 0.436 e. The lowest BCUT2D eigenvalue weighted by atomic mass is 10.1. The molecule has 0 spiro atoms. The Bertz CT molecular complexity index is 3600. The summed E-state index contributed by atoms with van der Waals surface area (Å²) in [7, 11) is 0. The number of hydrogen-bond acceptors (Lipinski definition) is 4. The first-order chi connectivity index (χ1) is 33.2. The van der Waals surface area contributed by atoms with Gasteiger partial charge in [0.2, 0.25) is 5.89 Å². The van der Waals surface area contributed by atoms with Gasteiger partial charge in [0.05, 0.1) is 22.1 Å². The van der Waals surface area contributed by atoms with E-state index in [4.69, 9.17) is 9.40 Å². The van der Waals surface area contributed by atoms with E-state index < -0.39 is 0 Å². The summed E-state index contributed by atoms with van der Waals surface area (Å²) in [6, 6.07) is 87.9. The molecule has 0 bridgehead atoms. The van der Waals surface area contributed by atoms with Gasteiger partial charge in [-0.15, -0.1) is 0 Å². The van der Waals surface area contributed by atoms with Crippen molar-refractivity contribution in [3.05, 3.63) is 249 Å². The van der Waals surface area contributed by atoms with Gasteiger partial charge < -0.3 is 23.4 Å². The zero-order valence-electron chi connectivity index (χ0n) is 36.3. The molecule has 316 valence electrons. The number of fused-ring (bicyclic) bond motifs is 7. The van der Waals surface area contributed by atoms with Crippen LogP contribution in [0.15, 0.2) is 253 Å². The molecular formula is C61H41N5O. The first-order valence-electron chi connectivity index (χ1n) is 22.6. The minimum Gasteiger partial charge on any atom is -0.436 e. The number of oxazole rings is 1. The number of para-hydroxylation sites is 6. The Hall–Kier alpha value is -9.13. The van der Waals surface area contributed by atoms with Crippen molar-refractivity contribution in [2.75, 3.05) is 9.80 Å². The highest BCUT2D eigenvalue weighted by molar-refractivity contribution is 6.10. The third-order valence-corrected chi connectivity index (χ3v) is 12.9. The number of hydrogen-bond donors (Lipinski definition) is 0. The summed E-state index contributed by atoms with van der Waals surface area (Å²) in [5, 5.41) is 4.97. The van der Waals surface area contributed by atoms with E-state index in [1.807, 2.05) is 18.2 Å². The number of rotatable bonds is 9. The zero-order chi connectivity index (χ0) is 44.3. The van der Waals surface area contributed by atoms with Crippen LogP contribution in [0.5, 0.6) is 0 Å². The van der Waals surface area contributed by atoms with Gasteiger partial charge in [0.25, 0.3) is 0 Å². The number of nitrogens with zero attached hydrogens (tertiary/aromatic N) is 5. The molecule has 0 saturated carbocycles. The van der Waals surface area contributed by atoms with E-state index in [2.05, 4.69) is 249 Å². The second kappa shape index (κ2) is 15.8. The van der Waals surface area contributed by atoms with Crippen LogP contribution in [0.3, 0.4) is 0 Å². The fraction of sp³-hybridized carbons (Fsp3) is 0. The molecule has 0 atom stereocenters. The van der Waals surface area contributed by atoms with Gasteiger partial charge in [-0.25, -0.2) is 4.98 Å². The van der Waals surface area contributed by atoms with Crippen LogP contribution < -0.4 is 9.80 Å². The molecule has 3 heterocycles. The van der Waals surface area contributed by atoms with Crippen molar-refractivity contribution in [3.8, 4) is 22.8 Å². The Morgan fingerprint density at radius 3 is 1.09 bits per heavy atom. The predicted octanol–water partition coefficient (Wildman–Crippen LogP) is 16.6. The van der Waals surface area contributed by atoms with Crippen LogP contribution in [-0.2, 0) is 0 Å². The molecule has 10 aromatic carbocycles. The van der Waals surface area contributed by atoms with E-state index in [9.17, 15) is 0 Å². The van der Waals surface area contributed by atoms with Crippen molar-refractivity contribution in [1.29, 1.82) is 0 Å². The van der Waals surface area contributed by atoms with Crippen LogP contribution in [-0.4, -0.2) is 14.1 Å². The average molecular weight is 860 g/mol. The second-order valence-corrected chi connectivity index (χ2v) is 16.8. The Morgan fingerprint density at radius 1 is 0.313 bits per heavy atom. The lowest BCUT2D eigenvalue weighted by molar-refractivity contribution is 0.620.